The van der Waals surface area contributed by atoms with Crippen LogP contribution in [0, 0.1) is 0 Å². The molecule has 4 aromatic rings. The lowest BCUT2D eigenvalue weighted by Crippen LogP contribution is -2.39. The average molecular weight is 356 g/mol. The van der Waals surface area contributed by atoms with Crippen molar-refractivity contribution in [2.75, 3.05) is 10.2 Å². The fourth-order valence-corrected chi connectivity index (χ4v) is 3.21. The van der Waals surface area contributed by atoms with Gasteiger partial charge in [0.05, 0.1) is 11.4 Å². The lowest BCUT2D eigenvalue weighted by molar-refractivity contribution is 0.201. The standard InChI is InChI=1S/C22H16N2O3/c25-21(23-19-13-5-9-15-7-1-3-11-17(15)19)24(22(26)27)20-14-6-10-16-8-2-4-12-18(16)20/h1-14H,(H,23,25)(H,26,27). The van der Waals surface area contributed by atoms with E-state index < -0.39 is 12.1 Å². The first-order valence-electron chi connectivity index (χ1n) is 8.45. The van der Waals surface area contributed by atoms with Gasteiger partial charge in [-0.3, -0.25) is 0 Å². The predicted molar refractivity (Wildman–Crippen MR) is 107 cm³/mol. The second kappa shape index (κ2) is 6.80. The zero-order valence-electron chi connectivity index (χ0n) is 14.3. The Hall–Kier alpha value is -3.86. The fourth-order valence-electron chi connectivity index (χ4n) is 3.21. The van der Waals surface area contributed by atoms with Gasteiger partial charge in [-0.2, -0.15) is 4.90 Å². The second-order valence-corrected chi connectivity index (χ2v) is 6.07. The van der Waals surface area contributed by atoms with Crippen LogP contribution in [0.2, 0.25) is 0 Å². The molecule has 4 aromatic carbocycles. The molecule has 0 atom stereocenters. The lowest BCUT2D eigenvalue weighted by Gasteiger charge is -2.20. The number of carbonyl (C=O) groups is 2. The summed E-state index contributed by atoms with van der Waals surface area (Å²) in [5.41, 5.74) is 0.878. The van der Waals surface area contributed by atoms with Crippen LogP contribution in [-0.2, 0) is 0 Å². The smallest absolute Gasteiger partial charge is 0.420 e. The molecule has 132 valence electrons. The molecule has 3 amide bonds. The summed E-state index contributed by atoms with van der Waals surface area (Å²) in [6.45, 7) is 0. The molecule has 0 saturated carbocycles. The maximum Gasteiger partial charge on any atom is 0.420 e. The predicted octanol–water partition coefficient (Wildman–Crippen LogP) is 5.71. The van der Waals surface area contributed by atoms with Gasteiger partial charge in [0, 0.05) is 10.8 Å². The van der Waals surface area contributed by atoms with Crippen LogP contribution in [0.25, 0.3) is 21.5 Å². The Morgan fingerprint density at radius 2 is 1.26 bits per heavy atom. The highest BCUT2D eigenvalue weighted by molar-refractivity contribution is 6.20. The molecule has 0 heterocycles. The largest absolute Gasteiger partial charge is 0.464 e. The van der Waals surface area contributed by atoms with Crippen molar-refractivity contribution in [1.29, 1.82) is 0 Å². The molecule has 0 aliphatic heterocycles. The molecule has 2 N–H and O–H groups in total. The molecule has 0 aromatic heterocycles. The number of hydrogen-bond donors (Lipinski definition) is 2. The Labute approximate surface area is 155 Å². The molecule has 0 bridgehead atoms. The summed E-state index contributed by atoms with van der Waals surface area (Å²) in [7, 11) is 0. The summed E-state index contributed by atoms with van der Waals surface area (Å²) >= 11 is 0. The molecule has 27 heavy (non-hydrogen) atoms. The number of amides is 3. The second-order valence-electron chi connectivity index (χ2n) is 6.07. The van der Waals surface area contributed by atoms with Crippen molar-refractivity contribution in [3.05, 3.63) is 84.9 Å². The minimum atomic E-state index is -1.34. The molecular weight excluding hydrogens is 340 g/mol. The summed E-state index contributed by atoms with van der Waals surface area (Å²) in [6, 6.07) is 25.0. The monoisotopic (exact) mass is 356 g/mol. The van der Waals surface area contributed by atoms with Crippen molar-refractivity contribution in [3.63, 3.8) is 0 Å². The third-order valence-electron chi connectivity index (χ3n) is 4.43. The third-order valence-corrected chi connectivity index (χ3v) is 4.43. The van der Waals surface area contributed by atoms with Gasteiger partial charge in [-0.15, -0.1) is 0 Å². The summed E-state index contributed by atoms with van der Waals surface area (Å²) in [4.78, 5) is 25.5. The molecule has 0 radical (unpaired) electrons. The van der Waals surface area contributed by atoms with Crippen molar-refractivity contribution < 1.29 is 14.7 Å². The van der Waals surface area contributed by atoms with E-state index in [0.29, 0.717) is 16.8 Å². The number of carbonyl (C=O) groups excluding carboxylic acids is 1. The van der Waals surface area contributed by atoms with Crippen molar-refractivity contribution in [2.24, 2.45) is 0 Å². The highest BCUT2D eigenvalue weighted by atomic mass is 16.4. The van der Waals surface area contributed by atoms with Crippen molar-refractivity contribution in [3.8, 4) is 0 Å². The molecule has 0 aliphatic carbocycles. The van der Waals surface area contributed by atoms with E-state index in [1.165, 1.54) is 0 Å². The number of benzene rings is 4. The maximum atomic E-state index is 12.9. The van der Waals surface area contributed by atoms with Crippen LogP contribution in [0.1, 0.15) is 0 Å². The van der Waals surface area contributed by atoms with E-state index in [4.69, 9.17) is 0 Å². The molecule has 0 saturated heterocycles. The highest BCUT2D eigenvalue weighted by Crippen LogP contribution is 2.29. The molecule has 0 unspecified atom stereocenters. The van der Waals surface area contributed by atoms with E-state index >= 15 is 0 Å². The number of nitrogens with zero attached hydrogens (tertiary/aromatic N) is 1. The molecule has 0 fully saturated rings. The molecule has 5 nitrogen and oxygen atoms in total. The third kappa shape index (κ3) is 3.06. The number of carboxylic acid groups (broad SMARTS) is 1. The Morgan fingerprint density at radius 3 is 1.96 bits per heavy atom. The van der Waals surface area contributed by atoms with Crippen LogP contribution < -0.4 is 10.2 Å². The number of rotatable bonds is 2. The topological polar surface area (TPSA) is 69.6 Å². The van der Waals surface area contributed by atoms with Gasteiger partial charge in [0.2, 0.25) is 0 Å². The van der Waals surface area contributed by atoms with Crippen LogP contribution in [0.4, 0.5) is 21.0 Å². The summed E-state index contributed by atoms with van der Waals surface area (Å²) < 4.78 is 0. The quantitative estimate of drug-likeness (QED) is 0.483. The normalized spacial score (nSPS) is 10.7. The van der Waals surface area contributed by atoms with Crippen molar-refractivity contribution in [1.82, 2.24) is 0 Å². The molecular formula is C22H16N2O3. The van der Waals surface area contributed by atoms with Gasteiger partial charge in [-0.1, -0.05) is 72.8 Å². The van der Waals surface area contributed by atoms with Gasteiger partial charge in [0.1, 0.15) is 0 Å². The highest BCUT2D eigenvalue weighted by Gasteiger charge is 2.25. The maximum absolute atomic E-state index is 12.9. The number of fused-ring (bicyclic) bond motifs is 2. The van der Waals surface area contributed by atoms with Crippen molar-refractivity contribution >= 4 is 45.0 Å². The number of imide groups is 1. The Kier molecular flexibility index (Phi) is 4.18. The van der Waals surface area contributed by atoms with Crippen LogP contribution in [0.15, 0.2) is 84.9 Å². The zero-order valence-corrected chi connectivity index (χ0v) is 14.3. The summed E-state index contributed by atoms with van der Waals surface area (Å²) in [6.07, 6.45) is -1.34. The van der Waals surface area contributed by atoms with E-state index in [2.05, 4.69) is 5.32 Å². The summed E-state index contributed by atoms with van der Waals surface area (Å²) in [5.74, 6) is 0. The van der Waals surface area contributed by atoms with Crippen LogP contribution in [0.5, 0.6) is 0 Å². The first-order chi connectivity index (χ1) is 13.1. The van der Waals surface area contributed by atoms with Crippen molar-refractivity contribution in [2.45, 2.75) is 0 Å². The average Bonchev–Trinajstić information content (AvgIpc) is 2.68. The van der Waals surface area contributed by atoms with Gasteiger partial charge >= 0.3 is 12.1 Å². The van der Waals surface area contributed by atoms with Gasteiger partial charge in [-0.25, -0.2) is 9.59 Å². The van der Waals surface area contributed by atoms with E-state index in [9.17, 15) is 14.7 Å². The fraction of sp³-hybridized carbons (Fsp3) is 0. The Morgan fingerprint density at radius 1 is 0.704 bits per heavy atom. The minimum absolute atomic E-state index is 0.318. The van der Waals surface area contributed by atoms with Crippen LogP contribution in [-0.4, -0.2) is 17.2 Å². The van der Waals surface area contributed by atoms with Gasteiger partial charge in [-0.05, 0) is 22.9 Å². The number of hydrogen-bond acceptors (Lipinski definition) is 2. The van der Waals surface area contributed by atoms with E-state index in [1.807, 2.05) is 60.7 Å². The van der Waals surface area contributed by atoms with Gasteiger partial charge in [0.25, 0.3) is 0 Å². The SMILES string of the molecule is O=C(O)N(C(=O)Nc1cccc2ccccc12)c1cccc2ccccc12. The zero-order chi connectivity index (χ0) is 18.8. The molecule has 5 heteroatoms. The van der Waals surface area contributed by atoms with E-state index in [1.54, 1.807) is 24.3 Å². The molecule has 0 aliphatic rings. The van der Waals surface area contributed by atoms with Gasteiger partial charge < -0.3 is 10.4 Å². The Bertz CT molecular complexity index is 1160. The van der Waals surface area contributed by atoms with Crippen LogP contribution in [0.3, 0.4) is 0 Å². The number of nitrogens with one attached hydrogen (secondary N) is 1. The first kappa shape index (κ1) is 16.6. The minimum Gasteiger partial charge on any atom is -0.464 e. The lowest BCUT2D eigenvalue weighted by atomic mass is 10.1. The van der Waals surface area contributed by atoms with Crippen LogP contribution >= 0.6 is 0 Å². The first-order valence-corrected chi connectivity index (χ1v) is 8.45. The van der Waals surface area contributed by atoms with E-state index in [-0.39, 0.29) is 0 Å². The number of urea groups is 1. The van der Waals surface area contributed by atoms with E-state index in [0.717, 1.165) is 21.1 Å². The molecule has 4 rings (SSSR count). The molecule has 0 spiro atoms. The Balaban J connectivity index is 1.76. The summed E-state index contributed by atoms with van der Waals surface area (Å²) in [5, 5.41) is 15.8. The number of anilines is 2. The van der Waals surface area contributed by atoms with Gasteiger partial charge in [0.15, 0.2) is 0 Å².